The lowest BCUT2D eigenvalue weighted by atomic mass is 9.85. The van der Waals surface area contributed by atoms with Gasteiger partial charge in [0.1, 0.15) is 24.1 Å². The molecule has 0 amide bonds. The molecule has 7 heteroatoms. The van der Waals surface area contributed by atoms with E-state index in [1.165, 1.54) is 25.7 Å². The summed E-state index contributed by atoms with van der Waals surface area (Å²) in [7, 11) is 2.17. The third-order valence-corrected chi connectivity index (χ3v) is 6.68. The van der Waals surface area contributed by atoms with Crippen LogP contribution in [0.25, 0.3) is 11.0 Å². The number of H-pyrrole nitrogens is 1. The maximum Gasteiger partial charge on any atom is 0.142 e. The molecule has 1 aliphatic carbocycles. The Hall–Kier alpha value is -1.99. The molecule has 1 saturated heterocycles. The van der Waals surface area contributed by atoms with Crippen molar-refractivity contribution < 1.29 is 4.79 Å². The summed E-state index contributed by atoms with van der Waals surface area (Å²) in [6.07, 6.45) is 12.6. The second-order valence-corrected chi connectivity index (χ2v) is 8.42. The first-order valence-corrected chi connectivity index (χ1v) is 10.7. The molecule has 152 valence electrons. The van der Waals surface area contributed by atoms with Crippen molar-refractivity contribution in [1.29, 1.82) is 0 Å². The predicted octanol–water partition coefficient (Wildman–Crippen LogP) is 2.76. The Balaban J connectivity index is 1.23. The second kappa shape index (κ2) is 9.01. The average molecular weight is 385 g/mol. The smallest absolute Gasteiger partial charge is 0.142 e. The number of hydrogen-bond acceptors (Lipinski definition) is 6. The molecule has 3 heterocycles. The third kappa shape index (κ3) is 4.36. The van der Waals surface area contributed by atoms with Crippen LogP contribution in [-0.2, 0) is 4.79 Å². The molecule has 2 aromatic rings. The van der Waals surface area contributed by atoms with Crippen molar-refractivity contribution in [3.05, 3.63) is 18.6 Å². The number of piperidine rings is 1. The zero-order valence-corrected chi connectivity index (χ0v) is 16.8. The van der Waals surface area contributed by atoms with Crippen LogP contribution in [0.4, 0.5) is 5.82 Å². The molecule has 2 aromatic heterocycles. The first-order valence-electron chi connectivity index (χ1n) is 10.7. The molecule has 28 heavy (non-hydrogen) atoms. The number of hydrazine groups is 1. The van der Waals surface area contributed by atoms with Crippen LogP contribution in [0, 0.1) is 11.8 Å². The molecular formula is C21H32N6O. The Labute approximate surface area is 166 Å². The number of aromatic nitrogens is 3. The number of nitrogens with zero attached hydrogens (tertiary/aromatic N) is 4. The molecule has 2 fully saturated rings. The van der Waals surface area contributed by atoms with E-state index in [0.29, 0.717) is 12.0 Å². The van der Waals surface area contributed by atoms with Gasteiger partial charge in [0.05, 0.1) is 5.39 Å². The number of aldehydes is 1. The van der Waals surface area contributed by atoms with Gasteiger partial charge in [-0.2, -0.15) is 0 Å². The van der Waals surface area contributed by atoms with Gasteiger partial charge in [0.2, 0.25) is 0 Å². The highest BCUT2D eigenvalue weighted by atomic mass is 16.1. The number of fused-ring (bicyclic) bond motifs is 1. The molecule has 0 radical (unpaired) electrons. The molecule has 2 N–H and O–H groups in total. The lowest BCUT2D eigenvalue weighted by molar-refractivity contribution is -0.109. The molecule has 0 unspecified atom stereocenters. The van der Waals surface area contributed by atoms with Gasteiger partial charge in [-0.1, -0.05) is 0 Å². The summed E-state index contributed by atoms with van der Waals surface area (Å²) in [6, 6.07) is 2.61. The van der Waals surface area contributed by atoms with Gasteiger partial charge in [0.15, 0.2) is 0 Å². The van der Waals surface area contributed by atoms with Gasteiger partial charge in [-0.25, -0.2) is 15.0 Å². The fraction of sp³-hybridized carbons (Fsp3) is 0.667. The lowest BCUT2D eigenvalue weighted by Crippen LogP contribution is -2.46. The normalized spacial score (nSPS) is 24.5. The van der Waals surface area contributed by atoms with Crippen LogP contribution in [-0.4, -0.2) is 59.0 Å². The van der Waals surface area contributed by atoms with Crippen LogP contribution in [0.15, 0.2) is 18.6 Å². The van der Waals surface area contributed by atoms with Gasteiger partial charge >= 0.3 is 0 Å². The van der Waals surface area contributed by atoms with Crippen LogP contribution in [0.1, 0.15) is 44.9 Å². The van der Waals surface area contributed by atoms with Crippen LogP contribution >= 0.6 is 0 Å². The number of anilines is 1. The van der Waals surface area contributed by atoms with Gasteiger partial charge in [-0.15, -0.1) is 0 Å². The van der Waals surface area contributed by atoms with Crippen molar-refractivity contribution in [1.82, 2.24) is 25.4 Å². The summed E-state index contributed by atoms with van der Waals surface area (Å²) >= 11 is 0. The zero-order valence-electron chi connectivity index (χ0n) is 16.8. The van der Waals surface area contributed by atoms with Crippen LogP contribution in [0.3, 0.4) is 0 Å². The van der Waals surface area contributed by atoms with Gasteiger partial charge in [0.25, 0.3) is 0 Å². The highest BCUT2D eigenvalue weighted by Gasteiger charge is 2.26. The van der Waals surface area contributed by atoms with Crippen LogP contribution in [0.5, 0.6) is 0 Å². The Morgan fingerprint density at radius 2 is 1.96 bits per heavy atom. The van der Waals surface area contributed by atoms with E-state index in [4.69, 9.17) is 0 Å². The average Bonchev–Trinajstić information content (AvgIpc) is 3.22. The summed E-state index contributed by atoms with van der Waals surface area (Å²) in [5, 5.41) is 3.47. The van der Waals surface area contributed by atoms with E-state index in [-0.39, 0.29) is 0 Å². The van der Waals surface area contributed by atoms with Crippen molar-refractivity contribution in [3.8, 4) is 0 Å². The van der Waals surface area contributed by atoms with Crippen molar-refractivity contribution in [2.24, 2.45) is 11.8 Å². The van der Waals surface area contributed by atoms with Gasteiger partial charge in [0, 0.05) is 45.3 Å². The van der Waals surface area contributed by atoms with Crippen molar-refractivity contribution in [2.75, 3.05) is 31.6 Å². The number of carbonyl (C=O) groups excluding carboxylic acids is 1. The number of nitrogens with one attached hydrogen (secondary N) is 2. The predicted molar refractivity (Wildman–Crippen MR) is 111 cm³/mol. The number of aromatic amines is 1. The summed E-state index contributed by atoms with van der Waals surface area (Å²) in [5.74, 6) is 2.37. The van der Waals surface area contributed by atoms with E-state index in [1.54, 1.807) is 6.33 Å². The molecule has 0 atom stereocenters. The monoisotopic (exact) mass is 384 g/mol. The SMILES string of the molecule is CN(c1ncnc2[nH]ccc12)C1CCC(CNN2CCC(CC=O)CC2)CC1. The quantitative estimate of drug-likeness (QED) is 0.715. The zero-order chi connectivity index (χ0) is 19.3. The molecule has 4 rings (SSSR count). The fourth-order valence-corrected chi connectivity index (χ4v) is 4.77. The Bertz CT molecular complexity index is 761. The number of rotatable bonds is 7. The fourth-order valence-electron chi connectivity index (χ4n) is 4.77. The molecule has 2 aliphatic rings. The summed E-state index contributed by atoms with van der Waals surface area (Å²) < 4.78 is 0. The second-order valence-electron chi connectivity index (χ2n) is 8.42. The van der Waals surface area contributed by atoms with E-state index < -0.39 is 0 Å². The molecule has 0 spiro atoms. The van der Waals surface area contributed by atoms with Gasteiger partial charge in [-0.05, 0) is 56.4 Å². The lowest BCUT2D eigenvalue weighted by Gasteiger charge is -2.37. The highest BCUT2D eigenvalue weighted by molar-refractivity contribution is 5.87. The Morgan fingerprint density at radius 1 is 1.18 bits per heavy atom. The number of hydrogen-bond donors (Lipinski definition) is 2. The standard InChI is InChI=1S/C21H32N6O/c1-26(21-19-6-10-22-20(19)23-15-24-21)18-4-2-17(3-5-18)14-25-27-11-7-16(8-12-27)9-13-28/h6,10,13,15-18,25H,2-5,7-9,11-12,14H2,1H3,(H,22,23,24). The summed E-state index contributed by atoms with van der Waals surface area (Å²) in [4.78, 5) is 25.0. The molecule has 1 saturated carbocycles. The van der Waals surface area contributed by atoms with E-state index in [9.17, 15) is 4.79 Å². The maximum atomic E-state index is 10.7. The Kier molecular flexibility index (Phi) is 6.22. The van der Waals surface area contributed by atoms with Crippen molar-refractivity contribution in [2.45, 2.75) is 51.0 Å². The van der Waals surface area contributed by atoms with E-state index in [0.717, 1.165) is 68.0 Å². The van der Waals surface area contributed by atoms with Gasteiger partial charge < -0.3 is 14.7 Å². The summed E-state index contributed by atoms with van der Waals surface area (Å²) in [5.41, 5.74) is 4.57. The molecule has 7 nitrogen and oxygen atoms in total. The van der Waals surface area contributed by atoms with Crippen molar-refractivity contribution >= 4 is 23.1 Å². The molecular weight excluding hydrogens is 352 g/mol. The first-order chi connectivity index (χ1) is 13.7. The van der Waals surface area contributed by atoms with E-state index >= 15 is 0 Å². The minimum Gasteiger partial charge on any atom is -0.356 e. The molecule has 1 aliphatic heterocycles. The molecule has 0 bridgehead atoms. The molecule has 0 aromatic carbocycles. The third-order valence-electron chi connectivity index (χ3n) is 6.68. The topological polar surface area (TPSA) is 77.2 Å². The minimum atomic E-state index is 0.545. The van der Waals surface area contributed by atoms with Gasteiger partial charge in [-0.3, -0.25) is 5.43 Å². The Morgan fingerprint density at radius 3 is 2.71 bits per heavy atom. The van der Waals surface area contributed by atoms with E-state index in [2.05, 4.69) is 43.4 Å². The highest BCUT2D eigenvalue weighted by Crippen LogP contribution is 2.31. The van der Waals surface area contributed by atoms with E-state index in [1.807, 2.05) is 6.20 Å². The van der Waals surface area contributed by atoms with Crippen molar-refractivity contribution in [3.63, 3.8) is 0 Å². The van der Waals surface area contributed by atoms with Crippen LogP contribution < -0.4 is 10.3 Å². The maximum absolute atomic E-state index is 10.7. The largest absolute Gasteiger partial charge is 0.356 e. The minimum absolute atomic E-state index is 0.545. The first kappa shape index (κ1) is 19.3. The number of carbonyl (C=O) groups is 1. The summed E-state index contributed by atoms with van der Waals surface area (Å²) in [6.45, 7) is 3.21. The van der Waals surface area contributed by atoms with Crippen LogP contribution in [0.2, 0.25) is 0 Å².